The van der Waals surface area contributed by atoms with Gasteiger partial charge in [-0.2, -0.15) is 10.2 Å². The Hall–Kier alpha value is -2.39. The van der Waals surface area contributed by atoms with E-state index >= 15 is 0 Å². The summed E-state index contributed by atoms with van der Waals surface area (Å²) >= 11 is 0. The molecule has 0 atom stereocenters. The zero-order chi connectivity index (χ0) is 17.1. The maximum atomic E-state index is 12.8. The van der Waals surface area contributed by atoms with Crippen molar-refractivity contribution in [1.29, 1.82) is 0 Å². The summed E-state index contributed by atoms with van der Waals surface area (Å²) in [5.41, 5.74) is -0.389. The van der Waals surface area contributed by atoms with E-state index in [9.17, 15) is 22.4 Å². The first-order valence-electron chi connectivity index (χ1n) is 6.79. The molecule has 126 valence electrons. The standard InChI is InChI=1S/C13H15F4N5O/c1-3-21-7(2)9(5-18-21)19-11(23)6-22-10(13(16)17)4-8(20-22)12(14)15/h4-5,12-13H,3,6H2,1-2H3,(H,19,23). The van der Waals surface area contributed by atoms with Gasteiger partial charge in [0, 0.05) is 6.54 Å². The molecule has 0 aromatic carbocycles. The van der Waals surface area contributed by atoms with Crippen molar-refractivity contribution in [3.63, 3.8) is 0 Å². The van der Waals surface area contributed by atoms with E-state index < -0.39 is 36.7 Å². The molecule has 0 bridgehead atoms. The molecule has 2 aromatic rings. The summed E-state index contributed by atoms with van der Waals surface area (Å²) in [4.78, 5) is 11.9. The van der Waals surface area contributed by atoms with E-state index in [4.69, 9.17) is 0 Å². The van der Waals surface area contributed by atoms with E-state index in [0.717, 1.165) is 0 Å². The number of carbonyl (C=O) groups is 1. The minimum Gasteiger partial charge on any atom is -0.322 e. The normalized spacial score (nSPS) is 11.5. The van der Waals surface area contributed by atoms with Crippen LogP contribution in [0.1, 0.15) is 36.9 Å². The fourth-order valence-corrected chi connectivity index (χ4v) is 2.07. The third kappa shape index (κ3) is 3.69. The highest BCUT2D eigenvalue weighted by molar-refractivity contribution is 5.90. The maximum Gasteiger partial charge on any atom is 0.282 e. The van der Waals surface area contributed by atoms with Crippen molar-refractivity contribution in [3.8, 4) is 0 Å². The zero-order valence-electron chi connectivity index (χ0n) is 12.4. The molecule has 0 saturated heterocycles. The number of hydrogen-bond donors (Lipinski definition) is 1. The number of halogens is 4. The molecular formula is C13H15F4N5O. The minimum atomic E-state index is -3.01. The Kier molecular flexibility index (Phi) is 5.02. The monoisotopic (exact) mass is 333 g/mol. The summed E-state index contributed by atoms with van der Waals surface area (Å²) < 4.78 is 53.1. The van der Waals surface area contributed by atoms with Crippen LogP contribution in [0.3, 0.4) is 0 Å². The van der Waals surface area contributed by atoms with Crippen LogP contribution in [-0.2, 0) is 17.9 Å². The first kappa shape index (κ1) is 17.0. The number of aromatic nitrogens is 4. The van der Waals surface area contributed by atoms with E-state index in [0.29, 0.717) is 28.7 Å². The largest absolute Gasteiger partial charge is 0.322 e. The highest BCUT2D eigenvalue weighted by atomic mass is 19.3. The highest BCUT2D eigenvalue weighted by Gasteiger charge is 2.22. The van der Waals surface area contributed by atoms with E-state index in [-0.39, 0.29) is 0 Å². The zero-order valence-corrected chi connectivity index (χ0v) is 12.4. The smallest absolute Gasteiger partial charge is 0.282 e. The van der Waals surface area contributed by atoms with Gasteiger partial charge in [0.1, 0.15) is 17.9 Å². The van der Waals surface area contributed by atoms with Gasteiger partial charge in [0.2, 0.25) is 5.91 Å². The molecule has 0 spiro atoms. The van der Waals surface area contributed by atoms with Crippen LogP contribution in [0, 0.1) is 6.92 Å². The van der Waals surface area contributed by atoms with E-state index in [1.807, 2.05) is 6.92 Å². The topological polar surface area (TPSA) is 64.7 Å². The SMILES string of the molecule is CCn1ncc(NC(=O)Cn2nc(C(F)F)cc2C(F)F)c1C. The molecule has 0 radical (unpaired) electrons. The average molecular weight is 333 g/mol. The number of anilines is 1. The van der Waals surface area contributed by atoms with Crippen LogP contribution in [-0.4, -0.2) is 25.5 Å². The van der Waals surface area contributed by atoms with Crippen molar-refractivity contribution in [2.75, 3.05) is 5.32 Å². The minimum absolute atomic E-state index is 0.427. The van der Waals surface area contributed by atoms with E-state index in [2.05, 4.69) is 15.5 Å². The van der Waals surface area contributed by atoms with Gasteiger partial charge in [-0.3, -0.25) is 14.2 Å². The van der Waals surface area contributed by atoms with Crippen LogP contribution in [0.2, 0.25) is 0 Å². The number of hydrogen-bond acceptors (Lipinski definition) is 3. The lowest BCUT2D eigenvalue weighted by atomic mass is 10.3. The number of carbonyl (C=O) groups excluding carboxylic acids is 1. The Morgan fingerprint density at radius 3 is 2.48 bits per heavy atom. The first-order valence-corrected chi connectivity index (χ1v) is 6.79. The molecule has 2 aromatic heterocycles. The van der Waals surface area contributed by atoms with E-state index in [1.54, 1.807) is 11.6 Å². The molecule has 2 heterocycles. The first-order chi connectivity index (χ1) is 10.8. The molecule has 0 saturated carbocycles. The number of nitrogens with one attached hydrogen (secondary N) is 1. The van der Waals surface area contributed by atoms with Crippen LogP contribution in [0.5, 0.6) is 0 Å². The van der Waals surface area contributed by atoms with Gasteiger partial charge in [0.05, 0.1) is 17.6 Å². The van der Waals surface area contributed by atoms with Gasteiger partial charge in [0.15, 0.2) is 0 Å². The summed E-state index contributed by atoms with van der Waals surface area (Å²) in [6.07, 6.45) is -4.56. The van der Waals surface area contributed by atoms with Crippen LogP contribution in [0.4, 0.5) is 23.2 Å². The molecule has 0 fully saturated rings. The van der Waals surface area contributed by atoms with Crippen molar-refractivity contribution in [3.05, 3.63) is 29.3 Å². The van der Waals surface area contributed by atoms with Crippen molar-refractivity contribution < 1.29 is 22.4 Å². The molecule has 10 heteroatoms. The second kappa shape index (κ2) is 6.80. The summed E-state index contributed by atoms with van der Waals surface area (Å²) in [5.74, 6) is -0.658. The Balaban J connectivity index is 2.14. The Bertz CT molecular complexity index is 695. The quantitative estimate of drug-likeness (QED) is 0.827. The fourth-order valence-electron chi connectivity index (χ4n) is 2.07. The number of aryl methyl sites for hydroxylation is 1. The van der Waals surface area contributed by atoms with Gasteiger partial charge in [-0.15, -0.1) is 0 Å². The Labute approximate surface area is 129 Å². The summed E-state index contributed by atoms with van der Waals surface area (Å²) in [7, 11) is 0. The molecule has 23 heavy (non-hydrogen) atoms. The third-order valence-corrected chi connectivity index (χ3v) is 3.25. The van der Waals surface area contributed by atoms with Crippen LogP contribution in [0.25, 0.3) is 0 Å². The van der Waals surface area contributed by atoms with Gasteiger partial charge < -0.3 is 5.32 Å². The van der Waals surface area contributed by atoms with Gasteiger partial charge in [0.25, 0.3) is 12.9 Å². The molecule has 1 N–H and O–H groups in total. The number of nitrogens with zero attached hydrogens (tertiary/aromatic N) is 4. The molecule has 0 aliphatic rings. The molecule has 2 rings (SSSR count). The molecule has 0 unspecified atom stereocenters. The second-order valence-electron chi connectivity index (χ2n) is 4.76. The summed E-state index contributed by atoms with van der Waals surface area (Å²) in [6.45, 7) is 3.62. The van der Waals surface area contributed by atoms with Crippen molar-refractivity contribution >= 4 is 11.6 Å². The molecular weight excluding hydrogens is 318 g/mol. The average Bonchev–Trinajstić information content (AvgIpc) is 3.04. The van der Waals surface area contributed by atoms with Crippen LogP contribution < -0.4 is 5.32 Å². The number of amides is 1. The van der Waals surface area contributed by atoms with Crippen LogP contribution >= 0.6 is 0 Å². The van der Waals surface area contributed by atoms with Gasteiger partial charge in [-0.1, -0.05) is 0 Å². The number of rotatable bonds is 6. The fraction of sp³-hybridized carbons (Fsp3) is 0.462. The third-order valence-electron chi connectivity index (χ3n) is 3.25. The molecule has 1 amide bonds. The predicted octanol–water partition coefficient (Wildman–Crippen LogP) is 2.92. The van der Waals surface area contributed by atoms with Crippen molar-refractivity contribution in [2.45, 2.75) is 39.8 Å². The van der Waals surface area contributed by atoms with Crippen molar-refractivity contribution in [2.24, 2.45) is 0 Å². The van der Waals surface area contributed by atoms with Crippen LogP contribution in [0.15, 0.2) is 12.3 Å². The Morgan fingerprint density at radius 2 is 1.96 bits per heavy atom. The van der Waals surface area contributed by atoms with Gasteiger partial charge >= 0.3 is 0 Å². The second-order valence-corrected chi connectivity index (χ2v) is 4.76. The van der Waals surface area contributed by atoms with Gasteiger partial charge in [-0.05, 0) is 19.9 Å². The van der Waals surface area contributed by atoms with E-state index in [1.165, 1.54) is 6.20 Å². The lowest BCUT2D eigenvalue weighted by Gasteiger charge is -2.08. The Morgan fingerprint density at radius 1 is 1.26 bits per heavy atom. The predicted molar refractivity (Wildman–Crippen MR) is 73.4 cm³/mol. The maximum absolute atomic E-state index is 12.8. The number of alkyl halides is 4. The molecule has 6 nitrogen and oxygen atoms in total. The summed E-state index contributed by atoms with van der Waals surface area (Å²) in [5, 5.41) is 9.89. The molecule has 0 aliphatic heterocycles. The lowest BCUT2D eigenvalue weighted by Crippen LogP contribution is -2.21. The van der Waals surface area contributed by atoms with Crippen molar-refractivity contribution in [1.82, 2.24) is 19.6 Å². The van der Waals surface area contributed by atoms with Gasteiger partial charge in [-0.25, -0.2) is 17.6 Å². The summed E-state index contributed by atoms with van der Waals surface area (Å²) in [6, 6.07) is 0.600. The highest BCUT2D eigenvalue weighted by Crippen LogP contribution is 2.25. The lowest BCUT2D eigenvalue weighted by molar-refractivity contribution is -0.117. The molecule has 0 aliphatic carbocycles.